The molecule has 20 heavy (non-hydrogen) atoms. The number of aromatic nitrogens is 2. The van der Waals surface area contributed by atoms with Crippen molar-refractivity contribution >= 4 is 6.29 Å². The monoisotopic (exact) mass is 274 g/mol. The largest absolute Gasteiger partial charge is 0.497 e. The molecule has 0 aliphatic carbocycles. The molecule has 2 rings (SSSR count). The maximum atomic E-state index is 11.0. The molecule has 0 radical (unpaired) electrons. The van der Waals surface area contributed by atoms with Crippen molar-refractivity contribution in [3.8, 4) is 5.75 Å². The topological polar surface area (TPSA) is 53.4 Å². The van der Waals surface area contributed by atoms with E-state index in [1.165, 1.54) is 0 Å². The number of nitrogens with zero attached hydrogens (tertiary/aromatic N) is 2. The molecule has 0 aliphatic rings. The molecule has 0 bridgehead atoms. The molecule has 0 amide bonds. The van der Waals surface area contributed by atoms with Crippen molar-refractivity contribution in [3.63, 3.8) is 0 Å². The molecule has 0 unspecified atom stereocenters. The molecule has 0 fully saturated rings. The molecule has 0 saturated carbocycles. The van der Waals surface area contributed by atoms with Crippen LogP contribution >= 0.6 is 0 Å². The van der Waals surface area contributed by atoms with Gasteiger partial charge in [-0.05, 0) is 17.7 Å². The van der Waals surface area contributed by atoms with E-state index in [0.29, 0.717) is 25.1 Å². The number of ether oxygens (including phenoxy) is 2. The number of carbonyl (C=O) groups is 1. The average molecular weight is 274 g/mol. The first-order chi connectivity index (χ1) is 9.76. The van der Waals surface area contributed by atoms with E-state index in [1.54, 1.807) is 25.1 Å². The summed E-state index contributed by atoms with van der Waals surface area (Å²) in [5.74, 6) is 0.810. The van der Waals surface area contributed by atoms with E-state index >= 15 is 0 Å². The number of benzene rings is 1. The first kappa shape index (κ1) is 14.3. The van der Waals surface area contributed by atoms with Crippen LogP contribution in [0.15, 0.2) is 30.5 Å². The van der Waals surface area contributed by atoms with Crippen molar-refractivity contribution in [1.29, 1.82) is 0 Å². The van der Waals surface area contributed by atoms with E-state index in [0.717, 1.165) is 23.3 Å². The number of hydrogen-bond acceptors (Lipinski definition) is 4. The highest BCUT2D eigenvalue weighted by molar-refractivity contribution is 5.75. The molecule has 0 spiro atoms. The predicted octanol–water partition coefficient (Wildman–Crippen LogP) is 1.94. The van der Waals surface area contributed by atoms with Gasteiger partial charge in [0.2, 0.25) is 0 Å². The summed E-state index contributed by atoms with van der Waals surface area (Å²) in [5.41, 5.74) is 2.46. The number of aldehydes is 1. The molecule has 1 aromatic carbocycles. The Kier molecular flexibility index (Phi) is 4.90. The molecule has 0 N–H and O–H groups in total. The summed E-state index contributed by atoms with van der Waals surface area (Å²) in [6.45, 7) is 1.15. The fraction of sp³-hybridized carbons (Fsp3) is 0.333. The minimum Gasteiger partial charge on any atom is -0.497 e. The lowest BCUT2D eigenvalue weighted by atomic mass is 10.2. The highest BCUT2D eigenvalue weighted by atomic mass is 16.5. The van der Waals surface area contributed by atoms with Gasteiger partial charge in [-0.25, -0.2) is 0 Å². The second kappa shape index (κ2) is 6.86. The fourth-order valence-corrected chi connectivity index (χ4v) is 2.01. The lowest BCUT2D eigenvalue weighted by Gasteiger charge is -2.04. The van der Waals surface area contributed by atoms with Crippen LogP contribution in [-0.4, -0.2) is 36.9 Å². The average Bonchev–Trinajstić information content (AvgIpc) is 2.87. The molecule has 1 aromatic heterocycles. The van der Waals surface area contributed by atoms with Crippen LogP contribution in [0.1, 0.15) is 21.6 Å². The highest BCUT2D eigenvalue weighted by Gasteiger charge is 2.08. The van der Waals surface area contributed by atoms with Gasteiger partial charge in [0.15, 0.2) is 6.29 Å². The van der Waals surface area contributed by atoms with Crippen molar-refractivity contribution in [3.05, 3.63) is 47.3 Å². The fourth-order valence-electron chi connectivity index (χ4n) is 2.01. The Hall–Kier alpha value is -2.14. The van der Waals surface area contributed by atoms with Crippen LogP contribution in [0.4, 0.5) is 0 Å². The van der Waals surface area contributed by atoms with Crippen molar-refractivity contribution in [1.82, 2.24) is 9.78 Å². The van der Waals surface area contributed by atoms with E-state index in [1.807, 2.05) is 24.3 Å². The summed E-state index contributed by atoms with van der Waals surface area (Å²) in [4.78, 5) is 11.0. The van der Waals surface area contributed by atoms with Gasteiger partial charge in [0, 0.05) is 19.7 Å². The van der Waals surface area contributed by atoms with Crippen LogP contribution < -0.4 is 4.74 Å². The van der Waals surface area contributed by atoms with Crippen LogP contribution in [0.5, 0.6) is 5.75 Å². The molecule has 106 valence electrons. The molecule has 0 saturated heterocycles. The maximum Gasteiger partial charge on any atom is 0.153 e. The van der Waals surface area contributed by atoms with Crippen molar-refractivity contribution in [2.75, 3.05) is 20.8 Å². The second-order valence-electron chi connectivity index (χ2n) is 4.44. The van der Waals surface area contributed by atoms with Gasteiger partial charge in [-0.1, -0.05) is 12.1 Å². The summed E-state index contributed by atoms with van der Waals surface area (Å²) >= 11 is 0. The molecule has 5 nitrogen and oxygen atoms in total. The van der Waals surface area contributed by atoms with E-state index in [2.05, 4.69) is 5.10 Å². The van der Waals surface area contributed by atoms with Crippen LogP contribution in [0, 0.1) is 0 Å². The number of carbonyl (C=O) groups excluding carboxylic acids is 1. The second-order valence-corrected chi connectivity index (χ2v) is 4.44. The lowest BCUT2D eigenvalue weighted by Crippen LogP contribution is -2.03. The molecule has 0 aliphatic heterocycles. The first-order valence-electron chi connectivity index (χ1n) is 6.40. The Labute approximate surface area is 118 Å². The van der Waals surface area contributed by atoms with Gasteiger partial charge < -0.3 is 9.47 Å². The van der Waals surface area contributed by atoms with Crippen LogP contribution in [0.25, 0.3) is 0 Å². The van der Waals surface area contributed by atoms with E-state index in [4.69, 9.17) is 9.47 Å². The molecular formula is C15H18N2O3. The standard InChI is InChI=1S/C15H18N2O3/c1-19-7-6-15-13(11-18)10-17(16-15)9-12-4-3-5-14(8-12)20-2/h3-5,8,10-11H,6-7,9H2,1-2H3. The summed E-state index contributed by atoms with van der Waals surface area (Å²) in [6.07, 6.45) is 3.23. The van der Waals surface area contributed by atoms with Crippen molar-refractivity contribution in [2.45, 2.75) is 13.0 Å². The third-order valence-electron chi connectivity index (χ3n) is 3.02. The normalized spacial score (nSPS) is 10.5. The third-order valence-corrected chi connectivity index (χ3v) is 3.02. The highest BCUT2D eigenvalue weighted by Crippen LogP contribution is 2.14. The molecule has 0 atom stereocenters. The van der Waals surface area contributed by atoms with Gasteiger partial charge in [-0.2, -0.15) is 5.10 Å². The van der Waals surface area contributed by atoms with Crippen LogP contribution in [0.2, 0.25) is 0 Å². The summed E-state index contributed by atoms with van der Waals surface area (Å²) in [5, 5.41) is 4.43. The summed E-state index contributed by atoms with van der Waals surface area (Å²) < 4.78 is 12.0. The number of hydrogen-bond donors (Lipinski definition) is 0. The van der Waals surface area contributed by atoms with E-state index < -0.39 is 0 Å². The Balaban J connectivity index is 2.16. The SMILES string of the molecule is COCCc1nn(Cc2cccc(OC)c2)cc1C=O. The summed E-state index contributed by atoms with van der Waals surface area (Å²) in [6, 6.07) is 7.79. The number of rotatable bonds is 7. The Morgan fingerprint density at radius 2 is 2.20 bits per heavy atom. The summed E-state index contributed by atoms with van der Waals surface area (Å²) in [7, 11) is 3.27. The molecule has 2 aromatic rings. The van der Waals surface area contributed by atoms with Gasteiger partial charge in [0.25, 0.3) is 0 Å². The van der Waals surface area contributed by atoms with Gasteiger partial charge in [0.1, 0.15) is 5.75 Å². The van der Waals surface area contributed by atoms with E-state index in [-0.39, 0.29) is 0 Å². The lowest BCUT2D eigenvalue weighted by molar-refractivity contribution is 0.112. The van der Waals surface area contributed by atoms with E-state index in [9.17, 15) is 4.79 Å². The van der Waals surface area contributed by atoms with Crippen molar-refractivity contribution in [2.24, 2.45) is 0 Å². The Morgan fingerprint density at radius 3 is 2.90 bits per heavy atom. The Morgan fingerprint density at radius 1 is 1.35 bits per heavy atom. The third kappa shape index (κ3) is 3.45. The van der Waals surface area contributed by atoms with Gasteiger partial charge in [-0.3, -0.25) is 9.48 Å². The smallest absolute Gasteiger partial charge is 0.153 e. The molecule has 1 heterocycles. The zero-order valence-corrected chi connectivity index (χ0v) is 11.7. The minimum atomic E-state index is 0.553. The predicted molar refractivity (Wildman–Crippen MR) is 75.3 cm³/mol. The molecular weight excluding hydrogens is 256 g/mol. The first-order valence-corrected chi connectivity index (χ1v) is 6.40. The maximum absolute atomic E-state index is 11.0. The van der Waals surface area contributed by atoms with Gasteiger partial charge in [-0.15, -0.1) is 0 Å². The zero-order chi connectivity index (χ0) is 14.4. The zero-order valence-electron chi connectivity index (χ0n) is 11.7. The molecule has 5 heteroatoms. The minimum absolute atomic E-state index is 0.553. The Bertz CT molecular complexity index is 578. The van der Waals surface area contributed by atoms with Gasteiger partial charge >= 0.3 is 0 Å². The van der Waals surface area contributed by atoms with Crippen LogP contribution in [0.3, 0.4) is 0 Å². The van der Waals surface area contributed by atoms with Gasteiger partial charge in [0.05, 0.1) is 31.5 Å². The van der Waals surface area contributed by atoms with Crippen LogP contribution in [-0.2, 0) is 17.7 Å². The number of methoxy groups -OCH3 is 2. The van der Waals surface area contributed by atoms with Crippen molar-refractivity contribution < 1.29 is 14.3 Å². The quantitative estimate of drug-likeness (QED) is 0.724.